The summed E-state index contributed by atoms with van der Waals surface area (Å²) in [4.78, 5) is 8.06. The predicted molar refractivity (Wildman–Crippen MR) is 85.3 cm³/mol. The Morgan fingerprint density at radius 1 is 1.33 bits per heavy atom. The van der Waals surface area contributed by atoms with Crippen LogP contribution in [-0.4, -0.2) is 66.0 Å². The Bertz CT molecular complexity index is 754. The van der Waals surface area contributed by atoms with Crippen LogP contribution in [0, 0.1) is 6.92 Å². The number of fused-ring (bicyclic) bond motifs is 1. The number of anilines is 1. The summed E-state index contributed by atoms with van der Waals surface area (Å²) in [7, 11) is 0. The van der Waals surface area contributed by atoms with E-state index in [0.717, 1.165) is 5.56 Å². The second kappa shape index (κ2) is 6.43. The summed E-state index contributed by atoms with van der Waals surface area (Å²) in [5.74, 6) is -0.0336. The van der Waals surface area contributed by atoms with E-state index in [1.54, 1.807) is 13.1 Å². The predicted octanol–water partition coefficient (Wildman–Crippen LogP) is -0.662. The molecular weight excluding hydrogens is 340 g/mol. The molecule has 0 aliphatic carbocycles. The van der Waals surface area contributed by atoms with Crippen molar-refractivity contribution in [2.75, 3.05) is 12.3 Å². The molecule has 3 heterocycles. The quantitative estimate of drug-likeness (QED) is 0.444. The average Bonchev–Trinajstić information content (AvgIpc) is 2.78. The minimum Gasteiger partial charge on any atom is -0.394 e. The molecule has 0 saturated carbocycles. The molecule has 1 fully saturated rings. The SMILES string of the molecule is Cc1cn([C@@H]2O[C@H](CO)[C@@H](O)[C@H](O)C[C@H]2O)c2nc(N)nc(Cl)c12. The molecule has 6 N–H and O–H groups in total. The Hall–Kier alpha value is -1.49. The number of nitrogens with zero attached hydrogens (tertiary/aromatic N) is 3. The highest BCUT2D eigenvalue weighted by Gasteiger charge is 2.39. The molecule has 9 nitrogen and oxygen atoms in total. The summed E-state index contributed by atoms with van der Waals surface area (Å²) in [5, 5.41) is 40.5. The third kappa shape index (κ3) is 2.83. The topological polar surface area (TPSA) is 147 Å². The number of hydrogen-bond acceptors (Lipinski definition) is 8. The van der Waals surface area contributed by atoms with E-state index >= 15 is 0 Å². The highest BCUT2D eigenvalue weighted by molar-refractivity contribution is 6.34. The monoisotopic (exact) mass is 358 g/mol. The number of hydrogen-bond donors (Lipinski definition) is 5. The number of aliphatic hydroxyl groups is 4. The molecule has 3 rings (SSSR count). The average molecular weight is 359 g/mol. The molecule has 0 radical (unpaired) electrons. The maximum atomic E-state index is 10.4. The van der Waals surface area contributed by atoms with Crippen LogP contribution in [0.4, 0.5) is 5.95 Å². The number of rotatable bonds is 2. The first-order valence-electron chi connectivity index (χ1n) is 7.44. The van der Waals surface area contributed by atoms with Crippen molar-refractivity contribution in [2.45, 2.75) is 44.0 Å². The first-order valence-corrected chi connectivity index (χ1v) is 7.82. The van der Waals surface area contributed by atoms with Gasteiger partial charge >= 0.3 is 0 Å². The molecule has 1 aliphatic heterocycles. The van der Waals surface area contributed by atoms with Gasteiger partial charge in [-0.05, 0) is 12.5 Å². The molecule has 0 spiro atoms. The van der Waals surface area contributed by atoms with E-state index in [-0.39, 0.29) is 17.5 Å². The van der Waals surface area contributed by atoms with Crippen molar-refractivity contribution < 1.29 is 25.2 Å². The molecule has 0 bridgehead atoms. The Morgan fingerprint density at radius 3 is 2.71 bits per heavy atom. The minimum atomic E-state index is -1.32. The number of halogens is 1. The van der Waals surface area contributed by atoms with Gasteiger partial charge in [-0.25, -0.2) is 4.98 Å². The fourth-order valence-electron chi connectivity index (χ4n) is 3.00. The molecule has 2 aromatic heterocycles. The maximum Gasteiger partial charge on any atom is 0.223 e. The number of aliphatic hydroxyl groups excluding tert-OH is 4. The Labute approximate surface area is 142 Å². The van der Waals surface area contributed by atoms with Gasteiger partial charge in [0, 0.05) is 12.6 Å². The van der Waals surface area contributed by atoms with Gasteiger partial charge < -0.3 is 35.5 Å². The van der Waals surface area contributed by atoms with Gasteiger partial charge in [0.2, 0.25) is 5.95 Å². The van der Waals surface area contributed by atoms with E-state index in [1.165, 1.54) is 4.57 Å². The molecule has 132 valence electrons. The normalized spacial score (nSPS) is 31.3. The minimum absolute atomic E-state index is 0.0336. The second-order valence-electron chi connectivity index (χ2n) is 5.90. The van der Waals surface area contributed by atoms with Crippen LogP contribution in [0.15, 0.2) is 6.20 Å². The van der Waals surface area contributed by atoms with Crippen LogP contribution in [0.3, 0.4) is 0 Å². The van der Waals surface area contributed by atoms with Crippen molar-refractivity contribution in [3.05, 3.63) is 16.9 Å². The number of nitrogen functional groups attached to an aromatic ring is 1. The van der Waals surface area contributed by atoms with Crippen LogP contribution in [0.5, 0.6) is 0 Å². The van der Waals surface area contributed by atoms with Crippen molar-refractivity contribution >= 4 is 28.6 Å². The summed E-state index contributed by atoms with van der Waals surface area (Å²) < 4.78 is 7.17. The summed E-state index contributed by atoms with van der Waals surface area (Å²) in [6, 6.07) is 0. The Morgan fingerprint density at radius 2 is 2.04 bits per heavy atom. The van der Waals surface area contributed by atoms with E-state index in [0.29, 0.717) is 11.0 Å². The Kier molecular flexibility index (Phi) is 4.65. The molecule has 0 unspecified atom stereocenters. The van der Waals surface area contributed by atoms with Crippen LogP contribution in [-0.2, 0) is 4.74 Å². The lowest BCUT2D eigenvalue weighted by molar-refractivity contribution is -0.146. The van der Waals surface area contributed by atoms with E-state index < -0.39 is 37.3 Å². The summed E-state index contributed by atoms with van der Waals surface area (Å²) in [5.41, 5.74) is 6.76. The molecule has 24 heavy (non-hydrogen) atoms. The Balaban J connectivity index is 2.11. The summed E-state index contributed by atoms with van der Waals surface area (Å²) in [6.07, 6.45) is -4.21. The molecule has 1 saturated heterocycles. The van der Waals surface area contributed by atoms with Gasteiger partial charge in [-0.3, -0.25) is 0 Å². The smallest absolute Gasteiger partial charge is 0.223 e. The van der Waals surface area contributed by atoms with E-state index in [1.807, 2.05) is 0 Å². The van der Waals surface area contributed by atoms with Crippen molar-refractivity contribution in [3.63, 3.8) is 0 Å². The van der Waals surface area contributed by atoms with Gasteiger partial charge in [0.25, 0.3) is 0 Å². The number of aryl methyl sites for hydroxylation is 1. The number of nitrogens with two attached hydrogens (primary N) is 1. The zero-order chi connectivity index (χ0) is 17.6. The van der Waals surface area contributed by atoms with Gasteiger partial charge in [0.15, 0.2) is 6.23 Å². The molecule has 5 atom stereocenters. The van der Waals surface area contributed by atoms with Crippen LogP contribution in [0.2, 0.25) is 5.15 Å². The molecule has 1 aliphatic rings. The largest absolute Gasteiger partial charge is 0.394 e. The molecule has 0 amide bonds. The lowest BCUT2D eigenvalue weighted by atomic mass is 10.0. The lowest BCUT2D eigenvalue weighted by Gasteiger charge is -2.26. The van der Waals surface area contributed by atoms with Gasteiger partial charge in [-0.1, -0.05) is 11.6 Å². The fraction of sp³-hybridized carbons (Fsp3) is 0.571. The van der Waals surface area contributed by atoms with E-state index in [2.05, 4.69) is 9.97 Å². The van der Waals surface area contributed by atoms with E-state index in [9.17, 15) is 20.4 Å². The van der Waals surface area contributed by atoms with Gasteiger partial charge in [0.05, 0.1) is 18.1 Å². The number of aromatic nitrogens is 3. The third-order valence-corrected chi connectivity index (χ3v) is 4.46. The highest BCUT2D eigenvalue weighted by Crippen LogP contribution is 2.33. The standard InChI is InChI=1S/C14H19ClN4O5/c1-5-3-19(12-9(5)11(15)17-14(16)18-12)13-7(22)2-6(21)10(23)8(4-20)24-13/h3,6-8,10,13,20-23H,2,4H2,1H3,(H2,16,17,18)/t6-,7-,8-,10+,13-/m1/s1. The van der Waals surface area contributed by atoms with Crippen molar-refractivity contribution in [2.24, 2.45) is 0 Å². The van der Waals surface area contributed by atoms with Crippen LogP contribution >= 0.6 is 11.6 Å². The van der Waals surface area contributed by atoms with Crippen molar-refractivity contribution in [1.82, 2.24) is 14.5 Å². The van der Waals surface area contributed by atoms with Gasteiger partial charge in [0.1, 0.15) is 29.1 Å². The van der Waals surface area contributed by atoms with Crippen LogP contribution in [0.1, 0.15) is 18.2 Å². The molecule has 0 aromatic carbocycles. The van der Waals surface area contributed by atoms with Crippen LogP contribution in [0.25, 0.3) is 11.0 Å². The molecule has 2 aromatic rings. The van der Waals surface area contributed by atoms with Crippen molar-refractivity contribution in [1.29, 1.82) is 0 Å². The second-order valence-corrected chi connectivity index (χ2v) is 6.26. The molecule has 10 heteroatoms. The first kappa shape index (κ1) is 17.3. The summed E-state index contributed by atoms with van der Waals surface area (Å²) >= 11 is 6.12. The fourth-order valence-corrected chi connectivity index (χ4v) is 3.32. The van der Waals surface area contributed by atoms with Gasteiger partial charge in [-0.15, -0.1) is 0 Å². The summed E-state index contributed by atoms with van der Waals surface area (Å²) in [6.45, 7) is 1.28. The molecular formula is C14H19ClN4O5. The zero-order valence-corrected chi connectivity index (χ0v) is 13.6. The zero-order valence-electron chi connectivity index (χ0n) is 12.9. The maximum absolute atomic E-state index is 10.4. The first-order chi connectivity index (χ1) is 11.3. The third-order valence-electron chi connectivity index (χ3n) is 4.19. The van der Waals surface area contributed by atoms with Crippen LogP contribution < -0.4 is 5.73 Å². The highest BCUT2D eigenvalue weighted by atomic mass is 35.5. The van der Waals surface area contributed by atoms with Gasteiger partial charge in [-0.2, -0.15) is 4.98 Å². The lowest BCUT2D eigenvalue weighted by Crippen LogP contribution is -2.39. The van der Waals surface area contributed by atoms with Crippen molar-refractivity contribution in [3.8, 4) is 0 Å². The van der Waals surface area contributed by atoms with E-state index in [4.69, 9.17) is 22.1 Å². The number of ether oxygens (including phenoxy) is 1.